The van der Waals surface area contributed by atoms with Crippen molar-refractivity contribution >= 4 is 23.2 Å². The lowest BCUT2D eigenvalue weighted by Gasteiger charge is -2.28. The molecule has 2 rings (SSSR count). The lowest BCUT2D eigenvalue weighted by molar-refractivity contribution is -0.117. The number of benzene rings is 1. The van der Waals surface area contributed by atoms with Crippen LogP contribution in [0.1, 0.15) is 0 Å². The van der Waals surface area contributed by atoms with Crippen molar-refractivity contribution in [3.63, 3.8) is 0 Å². The number of rotatable bonds is 6. The van der Waals surface area contributed by atoms with E-state index in [1.54, 1.807) is 12.1 Å². The van der Waals surface area contributed by atoms with Crippen molar-refractivity contribution in [2.24, 2.45) is 0 Å². The van der Waals surface area contributed by atoms with Gasteiger partial charge in [0.15, 0.2) is 0 Å². The Morgan fingerprint density at radius 2 is 2.19 bits per heavy atom. The summed E-state index contributed by atoms with van der Waals surface area (Å²) in [5, 5.41) is 3.47. The third-order valence-electron chi connectivity index (χ3n) is 3.42. The molecule has 1 amide bonds. The molecule has 6 heteroatoms. The minimum atomic E-state index is -0.0262. The van der Waals surface area contributed by atoms with E-state index in [0.29, 0.717) is 11.6 Å². The number of hydrogen-bond acceptors (Lipinski definition) is 4. The zero-order chi connectivity index (χ0) is 15.1. The number of nitrogens with one attached hydrogen (secondary N) is 1. The molecule has 1 aliphatic heterocycles. The van der Waals surface area contributed by atoms with Gasteiger partial charge in [0, 0.05) is 36.9 Å². The van der Waals surface area contributed by atoms with E-state index in [9.17, 15) is 4.79 Å². The Kier molecular flexibility index (Phi) is 6.45. The number of amides is 1. The number of nitrogens with zero attached hydrogens (tertiary/aromatic N) is 2. The number of hydrogen-bond donors (Lipinski definition) is 1. The minimum absolute atomic E-state index is 0.0262. The fourth-order valence-corrected chi connectivity index (χ4v) is 2.42. The molecule has 1 saturated heterocycles. The molecule has 0 atom stereocenters. The van der Waals surface area contributed by atoms with E-state index < -0.39 is 0 Å². The molecule has 116 valence electrons. The van der Waals surface area contributed by atoms with Gasteiger partial charge in [0.05, 0.1) is 19.8 Å². The highest BCUT2D eigenvalue weighted by atomic mass is 35.5. The van der Waals surface area contributed by atoms with Crippen molar-refractivity contribution in [2.75, 3.05) is 58.3 Å². The molecule has 1 aromatic rings. The number of carbonyl (C=O) groups excluding carboxylic acids is 1. The van der Waals surface area contributed by atoms with E-state index in [0.717, 1.165) is 45.1 Å². The Morgan fingerprint density at radius 3 is 2.90 bits per heavy atom. The fraction of sp³-hybridized carbons (Fsp3) is 0.533. The number of likely N-dealkylation sites (N-methyl/N-ethyl adjacent to an activating group) is 1. The van der Waals surface area contributed by atoms with E-state index in [1.807, 2.05) is 24.1 Å². The first-order valence-corrected chi connectivity index (χ1v) is 7.55. The topological polar surface area (TPSA) is 44.8 Å². The first kappa shape index (κ1) is 16.2. The largest absolute Gasteiger partial charge is 0.379 e. The molecule has 0 aliphatic carbocycles. The summed E-state index contributed by atoms with van der Waals surface area (Å²) >= 11 is 5.89. The highest BCUT2D eigenvalue weighted by Gasteiger charge is 2.12. The Morgan fingerprint density at radius 1 is 1.43 bits per heavy atom. The average molecular weight is 312 g/mol. The van der Waals surface area contributed by atoms with Crippen molar-refractivity contribution in [1.29, 1.82) is 0 Å². The summed E-state index contributed by atoms with van der Waals surface area (Å²) in [4.78, 5) is 16.3. The molecule has 1 aromatic carbocycles. The molecule has 0 aromatic heterocycles. The smallest absolute Gasteiger partial charge is 0.238 e. The van der Waals surface area contributed by atoms with Crippen LogP contribution in [-0.2, 0) is 9.53 Å². The summed E-state index contributed by atoms with van der Waals surface area (Å²) in [6, 6.07) is 7.18. The van der Waals surface area contributed by atoms with Gasteiger partial charge in [-0.2, -0.15) is 0 Å². The van der Waals surface area contributed by atoms with E-state index in [1.165, 1.54) is 0 Å². The summed E-state index contributed by atoms with van der Waals surface area (Å²) in [6.07, 6.45) is 0. The number of halogens is 1. The summed E-state index contributed by atoms with van der Waals surface area (Å²) in [5.74, 6) is -0.0262. The highest BCUT2D eigenvalue weighted by molar-refractivity contribution is 6.30. The summed E-state index contributed by atoms with van der Waals surface area (Å²) in [5.41, 5.74) is 0.731. The van der Waals surface area contributed by atoms with E-state index in [-0.39, 0.29) is 5.91 Å². The number of anilines is 1. The molecular formula is C15H22ClN3O2. The van der Waals surface area contributed by atoms with E-state index in [4.69, 9.17) is 16.3 Å². The van der Waals surface area contributed by atoms with Gasteiger partial charge < -0.3 is 10.1 Å². The second-order valence-corrected chi connectivity index (χ2v) is 5.69. The monoisotopic (exact) mass is 311 g/mol. The van der Waals surface area contributed by atoms with Crippen LogP contribution in [0.15, 0.2) is 24.3 Å². The van der Waals surface area contributed by atoms with Gasteiger partial charge in [-0.1, -0.05) is 17.7 Å². The normalized spacial score (nSPS) is 16.1. The number of morpholine rings is 1. The number of ether oxygens (including phenoxy) is 1. The van der Waals surface area contributed by atoms with Crippen molar-refractivity contribution in [2.45, 2.75) is 0 Å². The van der Waals surface area contributed by atoms with Crippen LogP contribution in [-0.4, -0.2) is 68.7 Å². The lowest BCUT2D eigenvalue weighted by Crippen LogP contribution is -2.42. The SMILES string of the molecule is CN(CCN1CCOCC1)CC(=O)Nc1cccc(Cl)c1. The second-order valence-electron chi connectivity index (χ2n) is 5.25. The average Bonchev–Trinajstić information content (AvgIpc) is 2.46. The Hall–Kier alpha value is -1.14. The second kappa shape index (κ2) is 8.34. The van der Waals surface area contributed by atoms with Gasteiger partial charge in [0.25, 0.3) is 0 Å². The molecule has 1 aliphatic rings. The maximum Gasteiger partial charge on any atom is 0.238 e. The predicted octanol–water partition coefficient (Wildman–Crippen LogP) is 1.54. The van der Waals surface area contributed by atoms with Crippen LogP contribution in [0.3, 0.4) is 0 Å². The summed E-state index contributed by atoms with van der Waals surface area (Å²) in [6.45, 7) is 5.76. The maximum atomic E-state index is 12.0. The summed E-state index contributed by atoms with van der Waals surface area (Å²) < 4.78 is 5.32. The van der Waals surface area contributed by atoms with Crippen LogP contribution in [0.5, 0.6) is 0 Å². The van der Waals surface area contributed by atoms with Gasteiger partial charge >= 0.3 is 0 Å². The molecule has 0 bridgehead atoms. The lowest BCUT2D eigenvalue weighted by atomic mass is 10.3. The standard InChI is InChI=1S/C15H22ClN3O2/c1-18(5-6-19-7-9-21-10-8-19)12-15(20)17-14-4-2-3-13(16)11-14/h2-4,11H,5-10,12H2,1H3,(H,17,20). The van der Waals surface area contributed by atoms with Gasteiger partial charge in [0.1, 0.15) is 0 Å². The van der Waals surface area contributed by atoms with Gasteiger partial charge in [-0.25, -0.2) is 0 Å². The molecule has 0 radical (unpaired) electrons. The van der Waals surface area contributed by atoms with Crippen LogP contribution in [0.4, 0.5) is 5.69 Å². The van der Waals surface area contributed by atoms with Crippen LogP contribution in [0.25, 0.3) is 0 Å². The molecule has 1 N–H and O–H groups in total. The third-order valence-corrected chi connectivity index (χ3v) is 3.66. The highest BCUT2D eigenvalue weighted by Crippen LogP contribution is 2.14. The van der Waals surface area contributed by atoms with Gasteiger partial charge in [-0.05, 0) is 25.2 Å². The van der Waals surface area contributed by atoms with Crippen molar-refractivity contribution in [3.8, 4) is 0 Å². The van der Waals surface area contributed by atoms with Gasteiger partial charge in [-0.15, -0.1) is 0 Å². The summed E-state index contributed by atoms with van der Waals surface area (Å²) in [7, 11) is 1.96. The predicted molar refractivity (Wildman–Crippen MR) is 84.8 cm³/mol. The maximum absolute atomic E-state index is 12.0. The Labute approximate surface area is 130 Å². The third kappa shape index (κ3) is 6.01. The van der Waals surface area contributed by atoms with Crippen LogP contribution in [0, 0.1) is 0 Å². The Bertz CT molecular complexity index is 464. The molecule has 0 unspecified atom stereocenters. The molecule has 5 nitrogen and oxygen atoms in total. The van der Waals surface area contributed by atoms with Crippen molar-refractivity contribution in [3.05, 3.63) is 29.3 Å². The molecule has 1 fully saturated rings. The van der Waals surface area contributed by atoms with Crippen LogP contribution >= 0.6 is 11.6 Å². The van der Waals surface area contributed by atoms with Crippen LogP contribution < -0.4 is 5.32 Å². The van der Waals surface area contributed by atoms with Crippen molar-refractivity contribution in [1.82, 2.24) is 9.80 Å². The molecule has 1 heterocycles. The zero-order valence-electron chi connectivity index (χ0n) is 12.3. The molecule has 0 saturated carbocycles. The van der Waals surface area contributed by atoms with Crippen LogP contribution in [0.2, 0.25) is 5.02 Å². The van der Waals surface area contributed by atoms with Gasteiger partial charge in [-0.3, -0.25) is 14.6 Å². The minimum Gasteiger partial charge on any atom is -0.379 e. The molecule has 0 spiro atoms. The molecule has 21 heavy (non-hydrogen) atoms. The van der Waals surface area contributed by atoms with Crippen molar-refractivity contribution < 1.29 is 9.53 Å². The fourth-order valence-electron chi connectivity index (χ4n) is 2.23. The quantitative estimate of drug-likeness (QED) is 0.865. The molecular weight excluding hydrogens is 290 g/mol. The first-order valence-electron chi connectivity index (χ1n) is 7.17. The first-order chi connectivity index (χ1) is 10.1. The van der Waals surface area contributed by atoms with Gasteiger partial charge in [0.2, 0.25) is 5.91 Å². The number of carbonyl (C=O) groups is 1. The van der Waals surface area contributed by atoms with E-state index in [2.05, 4.69) is 10.2 Å². The Balaban J connectivity index is 1.69. The van der Waals surface area contributed by atoms with E-state index >= 15 is 0 Å². The zero-order valence-corrected chi connectivity index (χ0v) is 13.1.